The van der Waals surface area contributed by atoms with E-state index in [1.165, 1.54) is 0 Å². The van der Waals surface area contributed by atoms with Gasteiger partial charge >= 0.3 is 20.8 Å². The molecule has 0 bridgehead atoms. The van der Waals surface area contributed by atoms with Gasteiger partial charge in [-0.05, 0) is 19.3 Å². The van der Waals surface area contributed by atoms with Crippen molar-refractivity contribution >= 4 is 20.8 Å². The summed E-state index contributed by atoms with van der Waals surface area (Å²) in [6, 6.07) is 0. The number of hydrogen-bond acceptors (Lipinski definition) is 7. The molecular weight excluding hydrogens is 264 g/mol. The van der Waals surface area contributed by atoms with Crippen molar-refractivity contribution < 1.29 is 33.9 Å². The summed E-state index contributed by atoms with van der Waals surface area (Å²) in [6.45, 7) is -0.180. The van der Waals surface area contributed by atoms with Gasteiger partial charge in [-0.25, -0.2) is 12.5 Å². The minimum absolute atomic E-state index is 0.0263. The van der Waals surface area contributed by atoms with Crippen molar-refractivity contribution in [3.8, 4) is 0 Å². The molecule has 0 aromatic carbocycles. The second-order valence-corrected chi connectivity index (χ2v) is 5.49. The second kappa shape index (κ2) is 5.38. The average molecular weight is 276 g/mol. The molecule has 0 aromatic heterocycles. The van der Waals surface area contributed by atoms with Crippen LogP contribution in [-0.2, 0) is 33.3 Å². The van der Waals surface area contributed by atoms with Crippen LogP contribution in [0, 0.1) is 0 Å². The van der Waals surface area contributed by atoms with Gasteiger partial charge in [0.05, 0.1) is 13.2 Å². The van der Waals surface area contributed by atoms with Gasteiger partial charge in [0.1, 0.15) is 6.10 Å². The maximum absolute atomic E-state index is 10.7. The first-order valence-corrected chi connectivity index (χ1v) is 7.18. The molecule has 0 radical (unpaired) electrons. The van der Waals surface area contributed by atoms with Gasteiger partial charge in [0, 0.05) is 0 Å². The van der Waals surface area contributed by atoms with Crippen LogP contribution in [0.1, 0.15) is 19.3 Å². The molecule has 1 N–H and O–H groups in total. The highest BCUT2D eigenvalue weighted by Crippen LogP contribution is 2.17. The van der Waals surface area contributed by atoms with Crippen LogP contribution in [-0.4, -0.2) is 40.7 Å². The molecule has 0 aromatic rings. The molecule has 0 saturated carbocycles. The summed E-state index contributed by atoms with van der Waals surface area (Å²) >= 11 is 0. The summed E-state index contributed by atoms with van der Waals surface area (Å²) in [5, 5.41) is 0. The van der Waals surface area contributed by atoms with Crippen LogP contribution in [0.2, 0.25) is 0 Å². The van der Waals surface area contributed by atoms with Crippen LogP contribution < -0.4 is 0 Å². The number of hydrogen-bond donors (Lipinski definition) is 1. The molecule has 1 atom stereocenters. The van der Waals surface area contributed by atoms with Crippen LogP contribution in [0.3, 0.4) is 0 Å². The summed E-state index contributed by atoms with van der Waals surface area (Å²) in [5.41, 5.74) is 0. The molecule has 0 aliphatic carbocycles. The van der Waals surface area contributed by atoms with Gasteiger partial charge in [-0.2, -0.15) is 16.8 Å². The molecule has 1 aliphatic heterocycles. The third kappa shape index (κ3) is 5.72. The highest BCUT2D eigenvalue weighted by atomic mass is 32.3. The van der Waals surface area contributed by atoms with E-state index in [-0.39, 0.29) is 13.2 Å². The summed E-state index contributed by atoms with van der Waals surface area (Å²) < 4.78 is 62.8. The molecule has 96 valence electrons. The maximum atomic E-state index is 10.7. The van der Waals surface area contributed by atoms with Crippen LogP contribution in [0.5, 0.6) is 0 Å². The highest BCUT2D eigenvalue weighted by molar-refractivity contribution is 7.82. The fraction of sp³-hybridized carbons (Fsp3) is 1.00. The third-order valence-electron chi connectivity index (χ3n) is 1.80. The van der Waals surface area contributed by atoms with E-state index in [9.17, 15) is 16.8 Å². The fourth-order valence-electron chi connectivity index (χ4n) is 1.15. The topological polar surface area (TPSA) is 116 Å². The monoisotopic (exact) mass is 276 g/mol. The molecule has 0 spiro atoms. The van der Waals surface area contributed by atoms with Crippen molar-refractivity contribution in [2.75, 3.05) is 13.2 Å². The van der Waals surface area contributed by atoms with Gasteiger partial charge in [-0.3, -0.25) is 4.55 Å². The minimum atomic E-state index is -4.39. The largest absolute Gasteiger partial charge is 0.400 e. The molecule has 1 rings (SSSR count). The number of rotatable bonds is 6. The molecule has 1 heterocycles. The average Bonchev–Trinajstić information content (AvgIpc) is 2.43. The van der Waals surface area contributed by atoms with Gasteiger partial charge in [0.2, 0.25) is 0 Å². The predicted octanol–water partition coefficient (Wildman–Crippen LogP) is -0.364. The molecule has 1 aliphatic rings. The Labute approximate surface area is 93.8 Å². The van der Waals surface area contributed by atoms with Gasteiger partial charge in [0.25, 0.3) is 0 Å². The standard InChI is InChI=1S/C6H12O8S2/c7-15(8,9)12-4-2-1-3-6-5-13-16(10,11)14-6/h6H,1-5H2,(H,7,8,9). The minimum Gasteiger partial charge on any atom is -0.264 e. The first kappa shape index (κ1) is 13.8. The van der Waals surface area contributed by atoms with E-state index in [1.807, 2.05) is 0 Å². The Morgan fingerprint density at radius 2 is 2.06 bits per heavy atom. The molecule has 1 saturated heterocycles. The normalized spacial score (nSPS) is 24.7. The van der Waals surface area contributed by atoms with Gasteiger partial charge < -0.3 is 0 Å². The first-order chi connectivity index (χ1) is 7.29. The van der Waals surface area contributed by atoms with Crippen molar-refractivity contribution in [1.29, 1.82) is 0 Å². The van der Waals surface area contributed by atoms with Crippen molar-refractivity contribution in [2.45, 2.75) is 25.4 Å². The summed E-state index contributed by atoms with van der Waals surface area (Å²) in [6.07, 6.45) is 0.739. The zero-order chi connectivity index (χ0) is 12.2. The zero-order valence-corrected chi connectivity index (χ0v) is 9.87. The van der Waals surface area contributed by atoms with Crippen molar-refractivity contribution in [3.05, 3.63) is 0 Å². The van der Waals surface area contributed by atoms with E-state index in [0.717, 1.165) is 0 Å². The Kier molecular flexibility index (Phi) is 4.64. The summed E-state index contributed by atoms with van der Waals surface area (Å²) in [7, 11) is -8.22. The SMILES string of the molecule is O=S(=O)(O)OCCCCC1COS(=O)(=O)O1. The molecule has 16 heavy (non-hydrogen) atoms. The van der Waals surface area contributed by atoms with E-state index in [0.29, 0.717) is 19.3 Å². The first-order valence-electron chi connectivity index (χ1n) is 4.48. The summed E-state index contributed by atoms with van der Waals surface area (Å²) in [5.74, 6) is 0. The predicted molar refractivity (Wildman–Crippen MR) is 51.1 cm³/mol. The van der Waals surface area contributed by atoms with Crippen LogP contribution in [0.25, 0.3) is 0 Å². The Bertz CT molecular complexity index is 410. The van der Waals surface area contributed by atoms with Crippen molar-refractivity contribution in [2.24, 2.45) is 0 Å². The number of unbranched alkanes of at least 4 members (excludes halogenated alkanes) is 1. The van der Waals surface area contributed by atoms with E-state index in [1.54, 1.807) is 0 Å². The van der Waals surface area contributed by atoms with Gasteiger partial charge in [-0.15, -0.1) is 0 Å². The molecule has 8 nitrogen and oxygen atoms in total. The smallest absolute Gasteiger partial charge is 0.264 e. The zero-order valence-electron chi connectivity index (χ0n) is 8.23. The molecular formula is C6H12O8S2. The lowest BCUT2D eigenvalue weighted by molar-refractivity contribution is 0.210. The molecule has 1 fully saturated rings. The van der Waals surface area contributed by atoms with Crippen LogP contribution in [0.4, 0.5) is 0 Å². The Hall–Kier alpha value is -0.260. The molecule has 0 amide bonds. The van der Waals surface area contributed by atoms with E-state index < -0.39 is 26.9 Å². The van der Waals surface area contributed by atoms with Crippen molar-refractivity contribution in [3.63, 3.8) is 0 Å². The molecule has 10 heteroatoms. The second-order valence-electron chi connectivity index (χ2n) is 3.16. The quantitative estimate of drug-likeness (QED) is 0.516. The lowest BCUT2D eigenvalue weighted by Crippen LogP contribution is -2.11. The van der Waals surface area contributed by atoms with E-state index >= 15 is 0 Å². The van der Waals surface area contributed by atoms with E-state index in [4.69, 9.17) is 4.55 Å². The highest BCUT2D eigenvalue weighted by Gasteiger charge is 2.29. The lowest BCUT2D eigenvalue weighted by atomic mass is 10.2. The van der Waals surface area contributed by atoms with Crippen LogP contribution >= 0.6 is 0 Å². The Balaban J connectivity index is 2.09. The molecule has 1 unspecified atom stereocenters. The third-order valence-corrected chi connectivity index (χ3v) is 3.20. The van der Waals surface area contributed by atoms with Crippen molar-refractivity contribution in [1.82, 2.24) is 0 Å². The summed E-state index contributed by atoms with van der Waals surface area (Å²) in [4.78, 5) is 0. The fourth-order valence-corrected chi connectivity index (χ4v) is 2.34. The van der Waals surface area contributed by atoms with Crippen LogP contribution in [0.15, 0.2) is 0 Å². The maximum Gasteiger partial charge on any atom is 0.400 e. The van der Waals surface area contributed by atoms with Gasteiger partial charge in [0.15, 0.2) is 0 Å². The van der Waals surface area contributed by atoms with E-state index in [2.05, 4.69) is 12.5 Å². The lowest BCUT2D eigenvalue weighted by Gasteiger charge is -2.04. The Morgan fingerprint density at radius 1 is 1.38 bits per heavy atom. The van der Waals surface area contributed by atoms with Gasteiger partial charge in [-0.1, -0.05) is 0 Å². The Morgan fingerprint density at radius 3 is 2.56 bits per heavy atom.